The van der Waals surface area contributed by atoms with Crippen LogP contribution in [-0.2, 0) is 0 Å². The fourth-order valence-electron chi connectivity index (χ4n) is 3.26. The van der Waals surface area contributed by atoms with E-state index >= 15 is 0 Å². The topological polar surface area (TPSA) is 77.2 Å². The summed E-state index contributed by atoms with van der Waals surface area (Å²) in [6.45, 7) is 1.72. The van der Waals surface area contributed by atoms with Crippen LogP contribution in [0.4, 0.5) is 0 Å². The molecule has 6 nitrogen and oxygen atoms in total. The molecule has 1 aliphatic carbocycles. The van der Waals surface area contributed by atoms with Crippen LogP contribution >= 0.6 is 11.3 Å². The number of aromatic carboxylic acids is 1. The average molecular weight is 369 g/mol. The molecule has 0 atom stereocenters. The van der Waals surface area contributed by atoms with Crippen molar-refractivity contribution >= 4 is 17.3 Å². The van der Waals surface area contributed by atoms with Gasteiger partial charge < -0.3 is 14.4 Å². The predicted octanol–water partition coefficient (Wildman–Crippen LogP) is 4.32. The SMILES string of the molecule is Cc1nc(-c2ccc(OC3CCCC3)c(-n3ccnc3)c2)sc1C(=O)O. The van der Waals surface area contributed by atoms with Crippen molar-refractivity contribution in [3.05, 3.63) is 47.5 Å². The molecule has 134 valence electrons. The molecule has 4 rings (SSSR count). The first kappa shape index (κ1) is 16.8. The van der Waals surface area contributed by atoms with Gasteiger partial charge in [0, 0.05) is 18.0 Å². The molecular formula is C19H19N3O3S. The molecule has 0 aliphatic heterocycles. The zero-order valence-corrected chi connectivity index (χ0v) is 15.2. The summed E-state index contributed by atoms with van der Waals surface area (Å²) in [7, 11) is 0. The van der Waals surface area contributed by atoms with Gasteiger partial charge in [-0.3, -0.25) is 0 Å². The number of aromatic nitrogens is 3. The van der Waals surface area contributed by atoms with Crippen LogP contribution < -0.4 is 4.74 Å². The van der Waals surface area contributed by atoms with Crippen molar-refractivity contribution in [2.75, 3.05) is 0 Å². The van der Waals surface area contributed by atoms with E-state index in [9.17, 15) is 9.90 Å². The Bertz CT molecular complexity index is 928. The van der Waals surface area contributed by atoms with Gasteiger partial charge in [-0.15, -0.1) is 11.3 Å². The maximum absolute atomic E-state index is 11.3. The van der Waals surface area contributed by atoms with Crippen LogP contribution in [0.3, 0.4) is 0 Å². The molecule has 1 aromatic carbocycles. The number of imidazole rings is 1. The fraction of sp³-hybridized carbons (Fsp3) is 0.316. The van der Waals surface area contributed by atoms with E-state index in [0.29, 0.717) is 10.7 Å². The normalized spacial score (nSPS) is 14.7. The number of rotatable bonds is 5. The number of carbonyl (C=O) groups is 1. The second-order valence-corrected chi connectivity index (χ2v) is 7.41. The number of benzene rings is 1. The first-order chi connectivity index (χ1) is 12.6. The zero-order chi connectivity index (χ0) is 18.1. The van der Waals surface area contributed by atoms with E-state index in [2.05, 4.69) is 9.97 Å². The Morgan fingerprint density at radius 1 is 1.35 bits per heavy atom. The van der Waals surface area contributed by atoms with E-state index in [0.717, 1.165) is 29.8 Å². The van der Waals surface area contributed by atoms with Gasteiger partial charge in [-0.2, -0.15) is 0 Å². The first-order valence-corrected chi connectivity index (χ1v) is 9.43. The largest absolute Gasteiger partial charge is 0.488 e. The molecule has 2 heterocycles. The number of nitrogens with zero attached hydrogens (tertiary/aromatic N) is 3. The van der Waals surface area contributed by atoms with Crippen molar-refractivity contribution in [3.8, 4) is 22.0 Å². The number of hydrogen-bond acceptors (Lipinski definition) is 5. The number of aryl methyl sites for hydroxylation is 1. The fourth-order valence-corrected chi connectivity index (χ4v) is 4.16. The quantitative estimate of drug-likeness (QED) is 0.724. The molecule has 3 aromatic rings. The highest BCUT2D eigenvalue weighted by molar-refractivity contribution is 7.17. The van der Waals surface area contributed by atoms with E-state index in [1.54, 1.807) is 19.4 Å². The summed E-state index contributed by atoms with van der Waals surface area (Å²) >= 11 is 1.19. The lowest BCUT2D eigenvalue weighted by atomic mass is 10.2. The summed E-state index contributed by atoms with van der Waals surface area (Å²) in [5.74, 6) is -0.132. The lowest BCUT2D eigenvalue weighted by Gasteiger charge is -2.17. The molecule has 1 aliphatic rings. The Kier molecular flexibility index (Phi) is 4.46. The highest BCUT2D eigenvalue weighted by Crippen LogP contribution is 2.34. The molecule has 7 heteroatoms. The van der Waals surface area contributed by atoms with Gasteiger partial charge >= 0.3 is 5.97 Å². The first-order valence-electron chi connectivity index (χ1n) is 8.62. The van der Waals surface area contributed by atoms with Crippen LogP contribution in [0.1, 0.15) is 41.0 Å². The molecule has 0 unspecified atom stereocenters. The van der Waals surface area contributed by atoms with Crippen LogP contribution in [0.15, 0.2) is 36.9 Å². The predicted molar refractivity (Wildman–Crippen MR) is 99.3 cm³/mol. The Morgan fingerprint density at radius 2 is 2.15 bits per heavy atom. The number of thiazole rings is 1. The third-order valence-corrected chi connectivity index (χ3v) is 5.77. The van der Waals surface area contributed by atoms with E-state index in [4.69, 9.17) is 4.74 Å². The molecule has 1 N–H and O–H groups in total. The third kappa shape index (κ3) is 3.22. The van der Waals surface area contributed by atoms with Gasteiger partial charge in [0.15, 0.2) is 0 Å². The minimum atomic E-state index is -0.942. The zero-order valence-electron chi connectivity index (χ0n) is 14.4. The lowest BCUT2D eigenvalue weighted by Crippen LogP contribution is -2.12. The molecule has 2 aromatic heterocycles. The van der Waals surface area contributed by atoms with Crippen LogP contribution in [0.5, 0.6) is 5.75 Å². The number of carboxylic acid groups (broad SMARTS) is 1. The standard InChI is InChI=1S/C19H19N3O3S/c1-12-17(19(23)24)26-18(21-12)13-6-7-16(25-14-4-2-3-5-14)15(10-13)22-9-8-20-11-22/h6-11,14H,2-5H2,1H3,(H,23,24). The highest BCUT2D eigenvalue weighted by Gasteiger charge is 2.20. The van der Waals surface area contributed by atoms with E-state index in [1.807, 2.05) is 29.0 Å². The van der Waals surface area contributed by atoms with Gasteiger partial charge in [-0.1, -0.05) is 0 Å². The Morgan fingerprint density at radius 3 is 2.81 bits per heavy atom. The van der Waals surface area contributed by atoms with Crippen molar-refractivity contribution in [1.82, 2.24) is 14.5 Å². The van der Waals surface area contributed by atoms with Crippen molar-refractivity contribution in [1.29, 1.82) is 0 Å². The van der Waals surface area contributed by atoms with Crippen LogP contribution in [0.2, 0.25) is 0 Å². The van der Waals surface area contributed by atoms with Gasteiger partial charge in [0.1, 0.15) is 15.6 Å². The molecule has 0 radical (unpaired) electrons. The Balaban J connectivity index is 1.74. The third-order valence-electron chi connectivity index (χ3n) is 4.58. The number of ether oxygens (including phenoxy) is 1. The molecule has 0 bridgehead atoms. The molecule has 0 saturated heterocycles. The minimum Gasteiger partial charge on any atom is -0.488 e. The maximum atomic E-state index is 11.3. The van der Waals surface area contributed by atoms with Gasteiger partial charge in [0.05, 0.1) is 23.8 Å². The summed E-state index contributed by atoms with van der Waals surface area (Å²) in [6, 6.07) is 5.87. The molecule has 0 spiro atoms. The van der Waals surface area contributed by atoms with Crippen molar-refractivity contribution in [2.45, 2.75) is 38.7 Å². The summed E-state index contributed by atoms with van der Waals surface area (Å²) < 4.78 is 8.14. The summed E-state index contributed by atoms with van der Waals surface area (Å²) in [5, 5.41) is 9.96. The molecular weight excluding hydrogens is 350 g/mol. The molecule has 0 amide bonds. The van der Waals surface area contributed by atoms with Crippen LogP contribution in [-0.4, -0.2) is 31.7 Å². The Hall–Kier alpha value is -2.67. The summed E-state index contributed by atoms with van der Waals surface area (Å²) in [6.07, 6.45) is 10.2. The van der Waals surface area contributed by atoms with Gasteiger partial charge in [0.2, 0.25) is 0 Å². The summed E-state index contributed by atoms with van der Waals surface area (Å²) in [5.41, 5.74) is 2.29. The van der Waals surface area contributed by atoms with Crippen LogP contribution in [0, 0.1) is 6.92 Å². The Labute approximate surface area is 155 Å². The maximum Gasteiger partial charge on any atom is 0.347 e. The van der Waals surface area contributed by atoms with E-state index < -0.39 is 5.97 Å². The van der Waals surface area contributed by atoms with E-state index in [1.165, 1.54) is 24.2 Å². The summed E-state index contributed by atoms with van der Waals surface area (Å²) in [4.78, 5) is 20.1. The molecule has 26 heavy (non-hydrogen) atoms. The van der Waals surface area contributed by atoms with Crippen LogP contribution in [0.25, 0.3) is 16.3 Å². The number of carboxylic acids is 1. The van der Waals surface area contributed by atoms with Gasteiger partial charge in [-0.05, 0) is 50.8 Å². The molecule has 1 fully saturated rings. The van der Waals surface area contributed by atoms with Gasteiger partial charge in [0.25, 0.3) is 0 Å². The number of hydrogen-bond donors (Lipinski definition) is 1. The lowest BCUT2D eigenvalue weighted by molar-refractivity contribution is 0.0701. The highest BCUT2D eigenvalue weighted by atomic mass is 32.1. The smallest absolute Gasteiger partial charge is 0.347 e. The van der Waals surface area contributed by atoms with Crippen molar-refractivity contribution < 1.29 is 14.6 Å². The molecule has 1 saturated carbocycles. The van der Waals surface area contributed by atoms with Gasteiger partial charge in [-0.25, -0.2) is 14.8 Å². The van der Waals surface area contributed by atoms with Crippen molar-refractivity contribution in [3.63, 3.8) is 0 Å². The average Bonchev–Trinajstić information content (AvgIpc) is 3.36. The minimum absolute atomic E-state index is 0.254. The van der Waals surface area contributed by atoms with E-state index in [-0.39, 0.29) is 11.0 Å². The second kappa shape index (κ2) is 6.92. The monoisotopic (exact) mass is 369 g/mol. The van der Waals surface area contributed by atoms with Crippen molar-refractivity contribution in [2.24, 2.45) is 0 Å². The second-order valence-electron chi connectivity index (χ2n) is 6.42.